The predicted molar refractivity (Wildman–Crippen MR) is 142 cm³/mol. The van der Waals surface area contributed by atoms with Crippen LogP contribution in [0.25, 0.3) is 11.4 Å². The topological polar surface area (TPSA) is 98.1 Å². The van der Waals surface area contributed by atoms with Crippen molar-refractivity contribution < 1.29 is 14.9 Å². The first-order valence-corrected chi connectivity index (χ1v) is 13.2. The molecule has 1 atom stereocenters. The minimum Gasteiger partial charge on any atom is -0.508 e. The highest BCUT2D eigenvalue weighted by atomic mass is 16.5. The van der Waals surface area contributed by atoms with Gasteiger partial charge >= 0.3 is 0 Å². The van der Waals surface area contributed by atoms with Crippen LogP contribution in [0.1, 0.15) is 24.0 Å². The predicted octanol–water partition coefficient (Wildman–Crippen LogP) is 2.47. The first-order chi connectivity index (χ1) is 18.2. The number of hydrogen-bond donors (Lipinski definition) is 2. The molecule has 2 N–H and O–H groups in total. The van der Waals surface area contributed by atoms with Gasteiger partial charge < -0.3 is 24.7 Å². The number of rotatable bonds is 5. The molecular formula is C28H34N6O3. The van der Waals surface area contributed by atoms with Gasteiger partial charge in [0, 0.05) is 57.5 Å². The third kappa shape index (κ3) is 5.12. The number of aliphatic hydroxyl groups excluding tert-OH is 1. The summed E-state index contributed by atoms with van der Waals surface area (Å²) in [7, 11) is 0. The average molecular weight is 503 g/mol. The highest BCUT2D eigenvalue weighted by Gasteiger charge is 2.31. The number of phenols is 1. The Hall–Kier alpha value is -3.27. The van der Waals surface area contributed by atoms with E-state index < -0.39 is 0 Å². The largest absolute Gasteiger partial charge is 0.508 e. The summed E-state index contributed by atoms with van der Waals surface area (Å²) >= 11 is 0. The number of aliphatic hydroxyl groups is 1. The van der Waals surface area contributed by atoms with E-state index in [4.69, 9.17) is 19.7 Å². The molecule has 0 amide bonds. The van der Waals surface area contributed by atoms with E-state index in [1.807, 2.05) is 18.2 Å². The highest BCUT2D eigenvalue weighted by molar-refractivity contribution is 5.61. The molecule has 1 aromatic heterocycles. The lowest BCUT2D eigenvalue weighted by Crippen LogP contribution is -2.52. The zero-order valence-corrected chi connectivity index (χ0v) is 21.0. The Balaban J connectivity index is 1.32. The Labute approximate surface area is 217 Å². The van der Waals surface area contributed by atoms with Crippen LogP contribution in [0.2, 0.25) is 0 Å². The van der Waals surface area contributed by atoms with Crippen molar-refractivity contribution in [3.63, 3.8) is 0 Å². The lowest BCUT2D eigenvalue weighted by atomic mass is 9.94. The van der Waals surface area contributed by atoms with Gasteiger partial charge in [-0.1, -0.05) is 36.4 Å². The number of nitrogens with zero attached hydrogens (tertiary/aromatic N) is 6. The molecular weight excluding hydrogens is 468 g/mol. The third-order valence-corrected chi connectivity index (χ3v) is 7.84. The fraction of sp³-hybridized carbons (Fsp3) is 0.464. The Morgan fingerprint density at radius 3 is 2.38 bits per heavy atom. The van der Waals surface area contributed by atoms with Crippen LogP contribution in [0.5, 0.6) is 5.75 Å². The van der Waals surface area contributed by atoms with E-state index in [1.165, 1.54) is 11.1 Å². The molecule has 0 aliphatic carbocycles. The molecule has 6 rings (SSSR count). The van der Waals surface area contributed by atoms with Gasteiger partial charge in [-0.2, -0.15) is 15.0 Å². The molecule has 2 saturated heterocycles. The summed E-state index contributed by atoms with van der Waals surface area (Å²) in [5.41, 5.74) is 3.21. The fourth-order valence-corrected chi connectivity index (χ4v) is 5.72. The van der Waals surface area contributed by atoms with Gasteiger partial charge in [0.05, 0.1) is 12.6 Å². The molecule has 0 saturated carbocycles. The molecule has 0 spiro atoms. The second kappa shape index (κ2) is 10.6. The minimum absolute atomic E-state index is 0.0145. The average Bonchev–Trinajstić information content (AvgIpc) is 2.97. The summed E-state index contributed by atoms with van der Waals surface area (Å²) < 4.78 is 5.55. The lowest BCUT2D eigenvalue weighted by Gasteiger charge is -2.41. The Bertz CT molecular complexity index is 1230. The SMILES string of the molecule is OC[C@H]1Cc2ccccc2CN1c1nc(-c2cccc(O)c2)nc(N2CCN(C3CCOCC3)CC2)n1. The van der Waals surface area contributed by atoms with E-state index in [1.54, 1.807) is 18.2 Å². The van der Waals surface area contributed by atoms with Crippen molar-refractivity contribution in [3.05, 3.63) is 59.7 Å². The van der Waals surface area contributed by atoms with Crippen LogP contribution in [-0.2, 0) is 17.7 Å². The molecule has 0 bridgehead atoms. The van der Waals surface area contributed by atoms with Crippen LogP contribution in [0.15, 0.2) is 48.5 Å². The minimum atomic E-state index is -0.118. The molecule has 2 aromatic carbocycles. The monoisotopic (exact) mass is 502 g/mol. The fourth-order valence-electron chi connectivity index (χ4n) is 5.72. The second-order valence-electron chi connectivity index (χ2n) is 10.1. The van der Waals surface area contributed by atoms with Crippen LogP contribution in [0.3, 0.4) is 0 Å². The van der Waals surface area contributed by atoms with Gasteiger partial charge in [-0.05, 0) is 42.5 Å². The number of aromatic nitrogens is 3. The number of phenolic OH excluding ortho intramolecular Hbond substituents is 1. The van der Waals surface area contributed by atoms with Crippen molar-refractivity contribution in [2.75, 3.05) is 55.8 Å². The molecule has 4 heterocycles. The number of anilines is 2. The van der Waals surface area contributed by atoms with E-state index in [2.05, 4.69) is 26.8 Å². The maximum absolute atomic E-state index is 10.3. The molecule has 0 unspecified atom stereocenters. The molecule has 3 aromatic rings. The quantitative estimate of drug-likeness (QED) is 0.545. The van der Waals surface area contributed by atoms with E-state index >= 15 is 0 Å². The van der Waals surface area contributed by atoms with Crippen LogP contribution < -0.4 is 9.80 Å². The van der Waals surface area contributed by atoms with E-state index in [0.717, 1.165) is 64.2 Å². The van der Waals surface area contributed by atoms with Crippen molar-refractivity contribution in [2.24, 2.45) is 0 Å². The standard InChI is InChI=1S/C28H34N6O3/c35-19-24-16-20-4-1-2-5-22(20)18-34(24)28-30-26(21-6-3-7-25(36)17-21)29-27(31-28)33-12-10-32(11-13-33)23-8-14-37-15-9-23/h1-7,17,23-24,35-36H,8-16,18-19H2/t24-/m1/s1. The van der Waals surface area contributed by atoms with Gasteiger partial charge in [-0.3, -0.25) is 4.90 Å². The molecule has 3 aliphatic heterocycles. The number of piperazine rings is 1. The summed E-state index contributed by atoms with van der Waals surface area (Å²) in [6.45, 7) is 5.94. The van der Waals surface area contributed by atoms with E-state index in [-0.39, 0.29) is 18.4 Å². The van der Waals surface area contributed by atoms with Crippen molar-refractivity contribution in [3.8, 4) is 17.1 Å². The van der Waals surface area contributed by atoms with Gasteiger partial charge in [0.2, 0.25) is 11.9 Å². The molecule has 37 heavy (non-hydrogen) atoms. The summed E-state index contributed by atoms with van der Waals surface area (Å²) in [4.78, 5) is 21.6. The summed E-state index contributed by atoms with van der Waals surface area (Å²) in [5, 5.41) is 20.4. The Morgan fingerprint density at radius 2 is 1.62 bits per heavy atom. The van der Waals surface area contributed by atoms with Gasteiger partial charge in [-0.15, -0.1) is 0 Å². The molecule has 2 fully saturated rings. The van der Waals surface area contributed by atoms with Crippen LogP contribution in [0.4, 0.5) is 11.9 Å². The van der Waals surface area contributed by atoms with Crippen molar-refractivity contribution in [1.82, 2.24) is 19.9 Å². The van der Waals surface area contributed by atoms with Crippen LogP contribution in [0, 0.1) is 0 Å². The first kappa shape index (κ1) is 24.1. The van der Waals surface area contributed by atoms with Gasteiger partial charge in [0.1, 0.15) is 5.75 Å². The number of benzene rings is 2. The molecule has 9 heteroatoms. The number of aromatic hydroxyl groups is 1. The van der Waals surface area contributed by atoms with Crippen LogP contribution >= 0.6 is 0 Å². The zero-order valence-electron chi connectivity index (χ0n) is 21.0. The molecule has 0 radical (unpaired) electrons. The van der Waals surface area contributed by atoms with E-state index in [9.17, 15) is 10.2 Å². The molecule has 9 nitrogen and oxygen atoms in total. The third-order valence-electron chi connectivity index (χ3n) is 7.84. The number of ether oxygens (including phenoxy) is 1. The van der Waals surface area contributed by atoms with Gasteiger partial charge in [0.15, 0.2) is 5.82 Å². The molecule has 194 valence electrons. The maximum atomic E-state index is 10.3. The van der Waals surface area contributed by atoms with Gasteiger partial charge in [0.25, 0.3) is 0 Å². The normalized spacial score (nSPS) is 21.2. The highest BCUT2D eigenvalue weighted by Crippen LogP contribution is 2.30. The van der Waals surface area contributed by atoms with Crippen molar-refractivity contribution in [1.29, 1.82) is 0 Å². The zero-order chi connectivity index (χ0) is 25.2. The summed E-state index contributed by atoms with van der Waals surface area (Å²) in [5.74, 6) is 1.90. The van der Waals surface area contributed by atoms with Crippen molar-refractivity contribution in [2.45, 2.75) is 37.9 Å². The van der Waals surface area contributed by atoms with Crippen LogP contribution in [-0.4, -0.2) is 88.1 Å². The van der Waals surface area contributed by atoms with E-state index in [0.29, 0.717) is 30.3 Å². The smallest absolute Gasteiger partial charge is 0.231 e. The molecule has 3 aliphatic rings. The first-order valence-electron chi connectivity index (χ1n) is 13.2. The van der Waals surface area contributed by atoms with Gasteiger partial charge in [-0.25, -0.2) is 0 Å². The Kier molecular flexibility index (Phi) is 6.91. The second-order valence-corrected chi connectivity index (χ2v) is 10.1. The number of hydrogen-bond acceptors (Lipinski definition) is 9. The maximum Gasteiger partial charge on any atom is 0.231 e. The Morgan fingerprint density at radius 1 is 0.865 bits per heavy atom. The lowest BCUT2D eigenvalue weighted by molar-refractivity contribution is 0.0320. The van der Waals surface area contributed by atoms with Crippen molar-refractivity contribution >= 4 is 11.9 Å². The summed E-state index contributed by atoms with van der Waals surface area (Å²) in [6, 6.07) is 15.9. The number of fused-ring (bicyclic) bond motifs is 1. The summed E-state index contributed by atoms with van der Waals surface area (Å²) in [6.07, 6.45) is 2.92.